The Morgan fingerprint density at radius 3 is 2.43 bits per heavy atom. The van der Waals surface area contributed by atoms with Gasteiger partial charge in [0.15, 0.2) is 28.8 Å². The average Bonchev–Trinajstić information content (AvgIpc) is 3.48. The van der Waals surface area contributed by atoms with Gasteiger partial charge in [0.1, 0.15) is 36.3 Å². The molecule has 0 saturated carbocycles. The Labute approximate surface area is 273 Å². The third kappa shape index (κ3) is 7.61. The van der Waals surface area contributed by atoms with Crippen LogP contribution < -0.4 is 10.7 Å². The summed E-state index contributed by atoms with van der Waals surface area (Å²) in [6.45, 7) is 0.907. The van der Waals surface area contributed by atoms with Crippen LogP contribution in [0.4, 0.5) is 0 Å². The molecule has 0 spiro atoms. The molecule has 254 valence electrons. The SMILES string of the molecule is CC1=C(c2coc3cc(O)c(O)c(C(=O)OCc4cn(CC(=O)NCCCC(=O)O)nn4)c3c2=O)C(=O)Cc2cc(O)c(O)cc21.O=C=O. The molecule has 1 amide bonds. The van der Waals surface area contributed by atoms with E-state index in [0.29, 0.717) is 11.1 Å². The van der Waals surface area contributed by atoms with Crippen LogP contribution in [-0.4, -0.2) is 76.9 Å². The molecule has 6 N–H and O–H groups in total. The first kappa shape index (κ1) is 35.1. The van der Waals surface area contributed by atoms with E-state index in [-0.39, 0.29) is 66.5 Å². The van der Waals surface area contributed by atoms with Gasteiger partial charge in [-0.3, -0.25) is 19.2 Å². The molecule has 18 heteroatoms. The number of nitrogens with one attached hydrogen (secondary N) is 1. The van der Waals surface area contributed by atoms with Crippen LogP contribution in [0.3, 0.4) is 0 Å². The van der Waals surface area contributed by atoms with Crippen LogP contribution in [0.1, 0.15) is 52.5 Å². The van der Waals surface area contributed by atoms with Crippen molar-refractivity contribution in [3.05, 3.63) is 68.8 Å². The normalized spacial score (nSPS) is 12.1. The molecule has 5 rings (SSSR count). The number of phenolic OH excluding ortho intramolecular Hbond substituents is 4. The molecular formula is C31H26N4O14. The monoisotopic (exact) mass is 678 g/mol. The molecule has 2 heterocycles. The Bertz CT molecular complexity index is 2120. The summed E-state index contributed by atoms with van der Waals surface area (Å²) in [4.78, 5) is 79.1. The number of aromatic nitrogens is 3. The molecule has 0 radical (unpaired) electrons. The van der Waals surface area contributed by atoms with Gasteiger partial charge in [-0.2, -0.15) is 9.59 Å². The number of aromatic hydroxyl groups is 4. The van der Waals surface area contributed by atoms with Crippen LogP contribution in [0.5, 0.6) is 23.0 Å². The van der Waals surface area contributed by atoms with Gasteiger partial charge < -0.3 is 40.0 Å². The van der Waals surface area contributed by atoms with E-state index in [9.17, 15) is 44.4 Å². The van der Waals surface area contributed by atoms with E-state index in [1.165, 1.54) is 25.3 Å². The van der Waals surface area contributed by atoms with Crippen molar-refractivity contribution in [1.82, 2.24) is 20.3 Å². The van der Waals surface area contributed by atoms with Crippen molar-refractivity contribution in [3.63, 3.8) is 0 Å². The Kier molecular flexibility index (Phi) is 10.5. The highest BCUT2D eigenvalue weighted by molar-refractivity contribution is 6.30. The molecule has 0 unspecified atom stereocenters. The quantitative estimate of drug-likeness (QED) is 0.0775. The Hall–Kier alpha value is -6.81. The van der Waals surface area contributed by atoms with E-state index in [1.54, 1.807) is 0 Å². The first-order valence-corrected chi connectivity index (χ1v) is 14.1. The molecule has 18 nitrogen and oxygen atoms in total. The number of carboxylic acid groups (broad SMARTS) is 1. The van der Waals surface area contributed by atoms with Crippen LogP contribution >= 0.6 is 0 Å². The molecule has 4 aromatic rings. The summed E-state index contributed by atoms with van der Waals surface area (Å²) in [6, 6.07) is 3.43. The molecule has 2 aromatic heterocycles. The van der Waals surface area contributed by atoms with Crippen molar-refractivity contribution in [2.24, 2.45) is 0 Å². The summed E-state index contributed by atoms with van der Waals surface area (Å²) in [5, 5.41) is 59.0. The number of carboxylic acids is 1. The van der Waals surface area contributed by atoms with Crippen LogP contribution in [0.25, 0.3) is 22.1 Å². The van der Waals surface area contributed by atoms with Gasteiger partial charge in [0.2, 0.25) is 11.3 Å². The van der Waals surface area contributed by atoms with Crippen molar-refractivity contribution in [1.29, 1.82) is 0 Å². The molecule has 0 aliphatic heterocycles. The maximum absolute atomic E-state index is 13.8. The second-order valence-corrected chi connectivity index (χ2v) is 10.5. The summed E-state index contributed by atoms with van der Waals surface area (Å²) in [6.07, 6.45) is 2.47. The molecule has 49 heavy (non-hydrogen) atoms. The number of nitrogens with zero attached hydrogens (tertiary/aromatic N) is 3. The van der Waals surface area contributed by atoms with Crippen LogP contribution in [0.15, 0.2) is 39.9 Å². The minimum Gasteiger partial charge on any atom is -0.504 e. The second kappa shape index (κ2) is 14.7. The summed E-state index contributed by atoms with van der Waals surface area (Å²) in [5.41, 5.74) is -1.03. The fraction of sp³-hybridized carbons (Fsp3) is 0.226. The Morgan fingerprint density at radius 1 is 1.04 bits per heavy atom. The Morgan fingerprint density at radius 2 is 1.73 bits per heavy atom. The minimum absolute atomic E-state index is 0.0670. The zero-order chi connectivity index (χ0) is 36.0. The molecular weight excluding hydrogens is 652 g/mol. The zero-order valence-corrected chi connectivity index (χ0v) is 25.4. The lowest BCUT2D eigenvalue weighted by molar-refractivity contribution is -0.191. The maximum Gasteiger partial charge on any atom is 0.373 e. The fourth-order valence-electron chi connectivity index (χ4n) is 5.07. The zero-order valence-electron chi connectivity index (χ0n) is 25.4. The summed E-state index contributed by atoms with van der Waals surface area (Å²) >= 11 is 0. The Balaban J connectivity index is 0.00000174. The summed E-state index contributed by atoms with van der Waals surface area (Å²) in [5.74, 6) is -5.81. The van der Waals surface area contributed by atoms with Gasteiger partial charge in [0, 0.05) is 31.0 Å². The van der Waals surface area contributed by atoms with Gasteiger partial charge in [0.25, 0.3) is 0 Å². The number of amides is 1. The van der Waals surface area contributed by atoms with E-state index >= 15 is 0 Å². The van der Waals surface area contributed by atoms with Crippen molar-refractivity contribution in [2.45, 2.75) is 39.3 Å². The van der Waals surface area contributed by atoms with Crippen molar-refractivity contribution in [3.8, 4) is 23.0 Å². The smallest absolute Gasteiger partial charge is 0.373 e. The van der Waals surface area contributed by atoms with Gasteiger partial charge in [-0.05, 0) is 42.2 Å². The number of carbonyl (C=O) groups is 4. The standard InChI is InChI=1S/C30H26N4O12.CO2/c1-13-16-7-19(36)18(35)5-14(16)6-20(37)25(13)17-12-45-22-8-21(38)29(43)27(26(22)28(17)42)30(44)46-11-15-9-34(33-32-15)10-23(39)31-4-2-3-24(40)41;2-1-3/h5,7-9,12,35-36,38,43H,2-4,6,10-11H2,1H3,(H,31,39)(H,40,41);. The first-order valence-electron chi connectivity index (χ1n) is 14.1. The lowest BCUT2D eigenvalue weighted by Gasteiger charge is -2.21. The first-order chi connectivity index (χ1) is 23.3. The van der Waals surface area contributed by atoms with Gasteiger partial charge in [0.05, 0.1) is 17.1 Å². The maximum atomic E-state index is 13.8. The van der Waals surface area contributed by atoms with E-state index < -0.39 is 69.6 Å². The number of aliphatic carboxylic acids is 1. The average molecular weight is 679 g/mol. The molecule has 1 aliphatic rings. The number of ether oxygens (including phenoxy) is 1. The van der Waals surface area contributed by atoms with Gasteiger partial charge in [-0.15, -0.1) is 5.10 Å². The second-order valence-electron chi connectivity index (χ2n) is 10.5. The van der Waals surface area contributed by atoms with Gasteiger partial charge >= 0.3 is 18.1 Å². The van der Waals surface area contributed by atoms with Gasteiger partial charge in [-0.1, -0.05) is 5.21 Å². The number of Topliss-reactive ketones (excluding diaryl/α,β-unsaturated/α-hetero) is 1. The molecule has 0 fully saturated rings. The van der Waals surface area contributed by atoms with E-state index in [0.717, 1.165) is 17.0 Å². The lowest BCUT2D eigenvalue weighted by atomic mass is 9.82. The molecule has 0 saturated heterocycles. The van der Waals surface area contributed by atoms with E-state index in [4.69, 9.17) is 23.8 Å². The fourth-order valence-corrected chi connectivity index (χ4v) is 5.07. The predicted octanol–water partition coefficient (Wildman–Crippen LogP) is 1.02. The van der Waals surface area contributed by atoms with Crippen molar-refractivity contribution >= 4 is 51.9 Å². The highest BCUT2D eigenvalue weighted by Crippen LogP contribution is 2.40. The van der Waals surface area contributed by atoms with E-state index in [1.807, 2.05) is 0 Å². The topological polar surface area (TPSA) is 286 Å². The van der Waals surface area contributed by atoms with Crippen LogP contribution in [0, 0.1) is 0 Å². The van der Waals surface area contributed by atoms with Crippen molar-refractivity contribution < 1.29 is 63.5 Å². The number of phenols is 4. The number of carbonyl (C=O) groups excluding carboxylic acids is 5. The number of benzene rings is 2. The summed E-state index contributed by atoms with van der Waals surface area (Å²) < 4.78 is 11.9. The number of allylic oxidation sites excluding steroid dienone is 2. The minimum atomic E-state index is -1.25. The van der Waals surface area contributed by atoms with Crippen molar-refractivity contribution in [2.75, 3.05) is 6.54 Å². The highest BCUT2D eigenvalue weighted by atomic mass is 16.5. The third-order valence-electron chi connectivity index (χ3n) is 7.23. The number of ketones is 1. The summed E-state index contributed by atoms with van der Waals surface area (Å²) in [7, 11) is 0. The number of esters is 1. The third-order valence-corrected chi connectivity index (χ3v) is 7.23. The molecule has 0 bridgehead atoms. The van der Waals surface area contributed by atoms with Gasteiger partial charge in [-0.25, -0.2) is 9.48 Å². The largest absolute Gasteiger partial charge is 0.504 e. The number of fused-ring (bicyclic) bond motifs is 2. The van der Waals surface area contributed by atoms with Crippen LogP contribution in [-0.2, 0) is 48.3 Å². The highest BCUT2D eigenvalue weighted by Gasteiger charge is 2.31. The van der Waals surface area contributed by atoms with E-state index in [2.05, 4.69) is 15.6 Å². The molecule has 0 atom stereocenters. The number of rotatable bonds is 10. The number of hydrogen-bond donors (Lipinski definition) is 6. The molecule has 2 aromatic carbocycles. The van der Waals surface area contributed by atoms with Crippen LogP contribution in [0.2, 0.25) is 0 Å². The number of hydrogen-bond acceptors (Lipinski definition) is 15. The molecule has 1 aliphatic carbocycles. The lowest BCUT2D eigenvalue weighted by Crippen LogP contribution is -2.28. The predicted molar refractivity (Wildman–Crippen MR) is 161 cm³/mol.